The van der Waals surface area contributed by atoms with Gasteiger partial charge in [0, 0.05) is 36.9 Å². The zero-order valence-corrected chi connectivity index (χ0v) is 11.3. The summed E-state index contributed by atoms with van der Waals surface area (Å²) in [6, 6.07) is 2.16. The van der Waals surface area contributed by atoms with E-state index in [1.54, 1.807) is 0 Å². The Morgan fingerprint density at radius 3 is 3.05 bits per heavy atom. The number of nitrogens with zero attached hydrogens (tertiary/aromatic N) is 2. The van der Waals surface area contributed by atoms with Crippen molar-refractivity contribution in [1.82, 2.24) is 9.55 Å². The van der Waals surface area contributed by atoms with Gasteiger partial charge in [0.05, 0.1) is 6.10 Å². The highest BCUT2D eigenvalue weighted by molar-refractivity contribution is 5.29. The topological polar surface area (TPSA) is 38.0 Å². The van der Waals surface area contributed by atoms with Crippen LogP contribution in [-0.2, 0) is 13.0 Å². The van der Waals surface area contributed by atoms with Crippen molar-refractivity contribution in [2.24, 2.45) is 0 Å². The van der Waals surface area contributed by atoms with Crippen LogP contribution in [0.3, 0.4) is 0 Å². The molecule has 19 heavy (non-hydrogen) atoms. The Bertz CT molecular complexity index is 574. The lowest BCUT2D eigenvalue weighted by Gasteiger charge is -2.06. The van der Waals surface area contributed by atoms with Gasteiger partial charge < -0.3 is 9.67 Å². The van der Waals surface area contributed by atoms with E-state index in [9.17, 15) is 5.11 Å². The van der Waals surface area contributed by atoms with E-state index in [-0.39, 0.29) is 6.10 Å². The summed E-state index contributed by atoms with van der Waals surface area (Å²) in [7, 11) is 0. The molecule has 1 unspecified atom stereocenters. The van der Waals surface area contributed by atoms with Crippen molar-refractivity contribution in [1.29, 1.82) is 0 Å². The maximum absolute atomic E-state index is 10.1. The third-order valence-corrected chi connectivity index (χ3v) is 3.83. The summed E-state index contributed by atoms with van der Waals surface area (Å²) < 4.78 is 2.18. The molecule has 0 aromatic carbocycles. The van der Waals surface area contributed by atoms with Crippen LogP contribution in [0.25, 0.3) is 0 Å². The quantitative estimate of drug-likeness (QED) is 0.839. The molecule has 0 aliphatic heterocycles. The molecule has 0 spiro atoms. The number of aryl methyl sites for hydroxylation is 2. The number of fused-ring (bicyclic) bond motifs is 1. The molecule has 3 nitrogen and oxygen atoms in total. The summed E-state index contributed by atoms with van der Waals surface area (Å²) in [5.74, 6) is 0. The molecule has 100 valence electrons. The van der Waals surface area contributed by atoms with Crippen molar-refractivity contribution in [2.45, 2.75) is 45.3 Å². The number of aromatic nitrogens is 2. The molecule has 2 aromatic heterocycles. The number of rotatable bonds is 2. The van der Waals surface area contributed by atoms with E-state index in [2.05, 4.69) is 34.9 Å². The Hall–Kier alpha value is -1.61. The average Bonchev–Trinajstić information content (AvgIpc) is 2.70. The van der Waals surface area contributed by atoms with E-state index >= 15 is 0 Å². The van der Waals surface area contributed by atoms with Gasteiger partial charge in [0.1, 0.15) is 0 Å². The second-order valence-electron chi connectivity index (χ2n) is 5.54. The maximum Gasteiger partial charge on any atom is 0.0807 e. The molecule has 3 heteroatoms. The first-order valence-corrected chi connectivity index (χ1v) is 6.99. The standard InChI is InChI=1S/C16H20N2O/c1-12-6-13(8-17-7-12)9-18-10-14-4-2-3-5-16(19)15(14)11-18/h6-8,10-11,16,19H,2-5,9H2,1H3. The molecule has 2 aromatic rings. The first-order chi connectivity index (χ1) is 9.22. The molecule has 2 heterocycles. The number of pyridine rings is 1. The molecule has 0 saturated carbocycles. The Balaban J connectivity index is 1.85. The van der Waals surface area contributed by atoms with Crippen LogP contribution in [0, 0.1) is 6.92 Å². The molecular weight excluding hydrogens is 236 g/mol. The molecular formula is C16H20N2O. The highest BCUT2D eigenvalue weighted by Crippen LogP contribution is 2.29. The van der Waals surface area contributed by atoms with Crippen molar-refractivity contribution >= 4 is 0 Å². The largest absolute Gasteiger partial charge is 0.388 e. The molecule has 3 rings (SSSR count). The van der Waals surface area contributed by atoms with Crippen LogP contribution in [0.4, 0.5) is 0 Å². The van der Waals surface area contributed by atoms with Crippen molar-refractivity contribution in [3.05, 3.63) is 53.1 Å². The van der Waals surface area contributed by atoms with Gasteiger partial charge in [-0.05, 0) is 42.9 Å². The van der Waals surface area contributed by atoms with Gasteiger partial charge in [-0.15, -0.1) is 0 Å². The summed E-state index contributed by atoms with van der Waals surface area (Å²) in [6.45, 7) is 2.89. The van der Waals surface area contributed by atoms with Crippen molar-refractivity contribution in [3.63, 3.8) is 0 Å². The van der Waals surface area contributed by atoms with Crippen molar-refractivity contribution in [2.75, 3.05) is 0 Å². The van der Waals surface area contributed by atoms with E-state index in [1.165, 1.54) is 23.1 Å². The van der Waals surface area contributed by atoms with E-state index in [0.29, 0.717) is 0 Å². The first-order valence-electron chi connectivity index (χ1n) is 6.99. The molecule has 0 bridgehead atoms. The van der Waals surface area contributed by atoms with Crippen LogP contribution in [0.1, 0.15) is 47.6 Å². The number of hydrogen-bond donors (Lipinski definition) is 1. The Morgan fingerprint density at radius 1 is 1.32 bits per heavy atom. The van der Waals surface area contributed by atoms with Crippen LogP contribution in [-0.4, -0.2) is 14.7 Å². The fourth-order valence-corrected chi connectivity index (χ4v) is 2.90. The zero-order chi connectivity index (χ0) is 13.2. The minimum atomic E-state index is -0.283. The lowest BCUT2D eigenvalue weighted by atomic mass is 10.1. The predicted molar refractivity (Wildman–Crippen MR) is 75.0 cm³/mol. The van der Waals surface area contributed by atoms with Gasteiger partial charge in [-0.1, -0.05) is 12.5 Å². The van der Waals surface area contributed by atoms with Crippen LogP contribution in [0.15, 0.2) is 30.9 Å². The summed E-state index contributed by atoms with van der Waals surface area (Å²) in [5, 5.41) is 10.1. The SMILES string of the molecule is Cc1cncc(Cn2cc3c(c2)C(O)CCCC3)c1. The summed E-state index contributed by atoms with van der Waals surface area (Å²) >= 11 is 0. The third kappa shape index (κ3) is 2.71. The van der Waals surface area contributed by atoms with Gasteiger partial charge in [0.2, 0.25) is 0 Å². The number of aliphatic hydroxyl groups excluding tert-OH is 1. The Labute approximate surface area is 113 Å². The average molecular weight is 256 g/mol. The number of aliphatic hydroxyl groups is 1. The molecule has 1 aliphatic carbocycles. The highest BCUT2D eigenvalue weighted by atomic mass is 16.3. The van der Waals surface area contributed by atoms with Gasteiger partial charge in [-0.25, -0.2) is 0 Å². The molecule has 0 saturated heterocycles. The fourth-order valence-electron chi connectivity index (χ4n) is 2.90. The highest BCUT2D eigenvalue weighted by Gasteiger charge is 2.18. The van der Waals surface area contributed by atoms with Crippen LogP contribution >= 0.6 is 0 Å². The lowest BCUT2D eigenvalue weighted by Crippen LogP contribution is -1.99. The minimum Gasteiger partial charge on any atom is -0.388 e. The molecule has 0 amide bonds. The second-order valence-corrected chi connectivity index (χ2v) is 5.54. The van der Waals surface area contributed by atoms with Gasteiger partial charge >= 0.3 is 0 Å². The van der Waals surface area contributed by atoms with Crippen LogP contribution < -0.4 is 0 Å². The Morgan fingerprint density at radius 2 is 2.21 bits per heavy atom. The monoisotopic (exact) mass is 256 g/mol. The van der Waals surface area contributed by atoms with Gasteiger partial charge in [-0.3, -0.25) is 4.98 Å². The van der Waals surface area contributed by atoms with Gasteiger partial charge in [0.15, 0.2) is 0 Å². The summed E-state index contributed by atoms with van der Waals surface area (Å²) in [6.07, 6.45) is 12.1. The van der Waals surface area contributed by atoms with Crippen LogP contribution in [0.2, 0.25) is 0 Å². The number of hydrogen-bond acceptors (Lipinski definition) is 2. The Kier molecular flexibility index (Phi) is 3.38. The summed E-state index contributed by atoms with van der Waals surface area (Å²) in [5.41, 5.74) is 4.83. The van der Waals surface area contributed by atoms with E-state index < -0.39 is 0 Å². The predicted octanol–water partition coefficient (Wildman–Crippen LogP) is 3.00. The van der Waals surface area contributed by atoms with Gasteiger partial charge in [0.25, 0.3) is 0 Å². The molecule has 0 radical (unpaired) electrons. The normalized spacial score (nSPS) is 18.9. The second kappa shape index (κ2) is 5.17. The van der Waals surface area contributed by atoms with E-state index in [1.807, 2.05) is 12.4 Å². The first kappa shape index (κ1) is 12.4. The molecule has 1 aliphatic rings. The van der Waals surface area contributed by atoms with Crippen LogP contribution in [0.5, 0.6) is 0 Å². The van der Waals surface area contributed by atoms with Crippen molar-refractivity contribution < 1.29 is 5.11 Å². The summed E-state index contributed by atoms with van der Waals surface area (Å²) in [4.78, 5) is 4.23. The molecule has 1 atom stereocenters. The smallest absolute Gasteiger partial charge is 0.0807 e. The van der Waals surface area contributed by atoms with Gasteiger partial charge in [-0.2, -0.15) is 0 Å². The fraction of sp³-hybridized carbons (Fsp3) is 0.438. The molecule has 0 fully saturated rings. The zero-order valence-electron chi connectivity index (χ0n) is 11.3. The maximum atomic E-state index is 10.1. The lowest BCUT2D eigenvalue weighted by molar-refractivity contribution is 0.166. The minimum absolute atomic E-state index is 0.283. The van der Waals surface area contributed by atoms with E-state index in [0.717, 1.165) is 31.4 Å². The van der Waals surface area contributed by atoms with Crippen molar-refractivity contribution in [3.8, 4) is 0 Å². The third-order valence-electron chi connectivity index (χ3n) is 3.83. The van der Waals surface area contributed by atoms with E-state index in [4.69, 9.17) is 0 Å². The molecule has 1 N–H and O–H groups in total.